The molecule has 0 N–H and O–H groups in total. The molecule has 2 rings (SSSR count). The molecule has 0 aliphatic heterocycles. The van der Waals surface area contributed by atoms with Gasteiger partial charge in [0.05, 0.1) is 13.2 Å². The number of hydrogen-bond donors (Lipinski definition) is 0. The Labute approximate surface area is 131 Å². The number of hydrogen-bond acceptors (Lipinski definition) is 2. The van der Waals surface area contributed by atoms with Crippen molar-refractivity contribution in [1.82, 2.24) is 5.06 Å². The standard InChI is InChI=1S/C19H19NO2/c1-2-19(21)20(16-18-12-7-4-8-13-18)22-15-9-14-17-10-5-3-6-11-17/h2-14H,1,15-16H2/b14-9+. The van der Waals surface area contributed by atoms with E-state index in [2.05, 4.69) is 6.58 Å². The zero-order valence-electron chi connectivity index (χ0n) is 12.4. The van der Waals surface area contributed by atoms with Crippen LogP contribution in [0.15, 0.2) is 79.4 Å². The zero-order chi connectivity index (χ0) is 15.6. The summed E-state index contributed by atoms with van der Waals surface area (Å²) in [6.07, 6.45) is 5.09. The van der Waals surface area contributed by atoms with E-state index in [1.807, 2.05) is 72.8 Å². The van der Waals surface area contributed by atoms with Crippen LogP contribution in [0.25, 0.3) is 6.08 Å². The van der Waals surface area contributed by atoms with Crippen LogP contribution in [0, 0.1) is 0 Å². The molecule has 0 aromatic heterocycles. The predicted octanol–water partition coefficient (Wildman–Crippen LogP) is 3.85. The molecule has 0 spiro atoms. The molecule has 2 aromatic carbocycles. The van der Waals surface area contributed by atoms with E-state index in [0.29, 0.717) is 13.2 Å². The summed E-state index contributed by atoms with van der Waals surface area (Å²) in [5.41, 5.74) is 2.10. The Morgan fingerprint density at radius 3 is 2.32 bits per heavy atom. The molecular weight excluding hydrogens is 274 g/mol. The molecule has 0 heterocycles. The molecule has 0 bridgehead atoms. The third kappa shape index (κ3) is 5.04. The maximum atomic E-state index is 11.8. The van der Waals surface area contributed by atoms with Crippen molar-refractivity contribution in [3.63, 3.8) is 0 Å². The number of benzene rings is 2. The molecule has 3 heteroatoms. The number of carbonyl (C=O) groups is 1. The highest BCUT2D eigenvalue weighted by Crippen LogP contribution is 2.07. The highest BCUT2D eigenvalue weighted by molar-refractivity contribution is 5.86. The summed E-state index contributed by atoms with van der Waals surface area (Å²) in [6.45, 7) is 4.22. The topological polar surface area (TPSA) is 29.5 Å². The van der Waals surface area contributed by atoms with Crippen molar-refractivity contribution >= 4 is 12.0 Å². The Bertz CT molecular complexity index is 620. The second-order valence-electron chi connectivity index (χ2n) is 4.67. The summed E-state index contributed by atoms with van der Waals surface area (Å²) in [6, 6.07) is 19.6. The summed E-state index contributed by atoms with van der Waals surface area (Å²) in [5, 5.41) is 1.32. The van der Waals surface area contributed by atoms with Gasteiger partial charge in [0, 0.05) is 0 Å². The SMILES string of the molecule is C=CC(=O)N(Cc1ccccc1)OC/C=C/c1ccccc1. The Morgan fingerprint density at radius 1 is 1.05 bits per heavy atom. The minimum Gasteiger partial charge on any atom is -0.267 e. The summed E-state index contributed by atoms with van der Waals surface area (Å²) >= 11 is 0. The van der Waals surface area contributed by atoms with Gasteiger partial charge in [-0.1, -0.05) is 79.4 Å². The summed E-state index contributed by atoms with van der Waals surface area (Å²) in [4.78, 5) is 17.4. The lowest BCUT2D eigenvalue weighted by molar-refractivity contribution is -0.180. The first kappa shape index (κ1) is 15.7. The van der Waals surface area contributed by atoms with Crippen molar-refractivity contribution < 1.29 is 9.63 Å². The molecule has 112 valence electrons. The number of nitrogens with zero attached hydrogens (tertiary/aromatic N) is 1. The van der Waals surface area contributed by atoms with Gasteiger partial charge in [-0.15, -0.1) is 0 Å². The molecule has 0 aliphatic carbocycles. The number of rotatable bonds is 7. The molecule has 22 heavy (non-hydrogen) atoms. The van der Waals surface area contributed by atoms with E-state index < -0.39 is 0 Å². The van der Waals surface area contributed by atoms with E-state index in [0.717, 1.165) is 11.1 Å². The van der Waals surface area contributed by atoms with Crippen LogP contribution in [0.1, 0.15) is 11.1 Å². The predicted molar refractivity (Wildman–Crippen MR) is 88.6 cm³/mol. The second kappa shape index (κ2) is 8.60. The summed E-state index contributed by atoms with van der Waals surface area (Å²) < 4.78 is 0. The zero-order valence-corrected chi connectivity index (χ0v) is 12.4. The summed E-state index contributed by atoms with van der Waals surface area (Å²) in [5.74, 6) is -0.253. The Balaban J connectivity index is 1.91. The first-order valence-corrected chi connectivity index (χ1v) is 7.12. The number of hydroxylamine groups is 2. The Kier molecular flexibility index (Phi) is 6.15. The minimum absolute atomic E-state index is 0.253. The van der Waals surface area contributed by atoms with E-state index >= 15 is 0 Å². The van der Waals surface area contributed by atoms with Gasteiger partial charge in [-0.3, -0.25) is 9.63 Å². The second-order valence-corrected chi connectivity index (χ2v) is 4.67. The number of carbonyl (C=O) groups excluding carboxylic acids is 1. The van der Waals surface area contributed by atoms with E-state index in [-0.39, 0.29) is 5.91 Å². The lowest BCUT2D eigenvalue weighted by Crippen LogP contribution is -2.29. The van der Waals surface area contributed by atoms with E-state index in [1.54, 1.807) is 0 Å². The maximum Gasteiger partial charge on any atom is 0.269 e. The van der Waals surface area contributed by atoms with Crippen molar-refractivity contribution in [2.24, 2.45) is 0 Å². The highest BCUT2D eigenvalue weighted by Gasteiger charge is 2.10. The molecule has 2 aromatic rings. The third-order valence-corrected chi connectivity index (χ3v) is 3.03. The van der Waals surface area contributed by atoms with Crippen molar-refractivity contribution in [2.75, 3.05) is 6.61 Å². The molecule has 0 atom stereocenters. The van der Waals surface area contributed by atoms with E-state index in [4.69, 9.17) is 4.84 Å². The summed E-state index contributed by atoms with van der Waals surface area (Å²) in [7, 11) is 0. The maximum absolute atomic E-state index is 11.8. The van der Waals surface area contributed by atoms with Crippen molar-refractivity contribution in [3.8, 4) is 0 Å². The van der Waals surface area contributed by atoms with Crippen LogP contribution in [0.2, 0.25) is 0 Å². The minimum atomic E-state index is -0.253. The van der Waals surface area contributed by atoms with Gasteiger partial charge in [-0.25, -0.2) is 5.06 Å². The fourth-order valence-electron chi connectivity index (χ4n) is 1.92. The van der Waals surface area contributed by atoms with Crippen LogP contribution in [0.5, 0.6) is 0 Å². The van der Waals surface area contributed by atoms with Gasteiger partial charge < -0.3 is 0 Å². The van der Waals surface area contributed by atoms with Crippen LogP contribution < -0.4 is 0 Å². The third-order valence-electron chi connectivity index (χ3n) is 3.03. The van der Waals surface area contributed by atoms with Gasteiger partial charge in [0.25, 0.3) is 5.91 Å². The fraction of sp³-hybridized carbons (Fsp3) is 0.105. The lowest BCUT2D eigenvalue weighted by Gasteiger charge is -2.19. The first-order chi connectivity index (χ1) is 10.8. The molecule has 0 aliphatic rings. The van der Waals surface area contributed by atoms with Gasteiger partial charge in [0.1, 0.15) is 0 Å². The monoisotopic (exact) mass is 293 g/mol. The normalized spacial score (nSPS) is 10.5. The van der Waals surface area contributed by atoms with Crippen LogP contribution in [0.3, 0.4) is 0 Å². The average molecular weight is 293 g/mol. The molecule has 0 saturated carbocycles. The van der Waals surface area contributed by atoms with Crippen LogP contribution in [0.4, 0.5) is 0 Å². The molecule has 3 nitrogen and oxygen atoms in total. The van der Waals surface area contributed by atoms with Crippen LogP contribution in [-0.4, -0.2) is 17.6 Å². The lowest BCUT2D eigenvalue weighted by atomic mass is 10.2. The highest BCUT2D eigenvalue weighted by atomic mass is 16.7. The smallest absolute Gasteiger partial charge is 0.267 e. The van der Waals surface area contributed by atoms with Crippen molar-refractivity contribution in [3.05, 3.63) is 90.5 Å². The molecule has 0 radical (unpaired) electrons. The van der Waals surface area contributed by atoms with Gasteiger partial charge in [-0.2, -0.15) is 0 Å². The van der Waals surface area contributed by atoms with Crippen LogP contribution in [-0.2, 0) is 16.2 Å². The molecule has 0 saturated heterocycles. The van der Waals surface area contributed by atoms with E-state index in [1.165, 1.54) is 11.1 Å². The average Bonchev–Trinajstić information content (AvgIpc) is 2.58. The van der Waals surface area contributed by atoms with Crippen LogP contribution >= 0.6 is 0 Å². The van der Waals surface area contributed by atoms with Gasteiger partial charge in [-0.05, 0) is 17.2 Å². The van der Waals surface area contributed by atoms with Crippen molar-refractivity contribution in [2.45, 2.75) is 6.54 Å². The first-order valence-electron chi connectivity index (χ1n) is 7.12. The van der Waals surface area contributed by atoms with Gasteiger partial charge in [0.2, 0.25) is 0 Å². The number of amides is 1. The fourth-order valence-corrected chi connectivity index (χ4v) is 1.92. The molecule has 1 amide bonds. The molecule has 0 fully saturated rings. The molecule has 0 unspecified atom stereocenters. The molecular formula is C19H19NO2. The Morgan fingerprint density at radius 2 is 1.68 bits per heavy atom. The van der Waals surface area contributed by atoms with Crippen molar-refractivity contribution in [1.29, 1.82) is 0 Å². The quantitative estimate of drug-likeness (QED) is 0.573. The largest absolute Gasteiger partial charge is 0.269 e. The van der Waals surface area contributed by atoms with E-state index in [9.17, 15) is 4.79 Å². The Hall–Kier alpha value is -2.65. The van der Waals surface area contributed by atoms with Gasteiger partial charge in [0.15, 0.2) is 0 Å². The van der Waals surface area contributed by atoms with Gasteiger partial charge >= 0.3 is 0 Å².